The van der Waals surface area contributed by atoms with Crippen LogP contribution in [0.5, 0.6) is 0 Å². The highest BCUT2D eigenvalue weighted by Crippen LogP contribution is 2.12. The van der Waals surface area contributed by atoms with Crippen LogP contribution in [0.15, 0.2) is 0 Å². The van der Waals surface area contributed by atoms with E-state index in [9.17, 15) is 0 Å². The first kappa shape index (κ1) is 30.2. The van der Waals surface area contributed by atoms with Crippen LogP contribution in [0.4, 0.5) is 0 Å². The van der Waals surface area contributed by atoms with E-state index in [2.05, 4.69) is 27.7 Å². The predicted octanol–water partition coefficient (Wildman–Crippen LogP) is 11.4. The van der Waals surface area contributed by atoms with Crippen molar-refractivity contribution in [2.45, 2.75) is 182 Å². The normalized spacial score (nSPS) is 10.7. The molecule has 0 unspecified atom stereocenters. The zero-order valence-corrected chi connectivity index (χ0v) is 21.0. The summed E-state index contributed by atoms with van der Waals surface area (Å²) in [5.41, 5.74) is 0. The first-order chi connectivity index (χ1) is 13.8. The summed E-state index contributed by atoms with van der Waals surface area (Å²) in [6.45, 7) is 9.14. The van der Waals surface area contributed by atoms with E-state index < -0.39 is 0 Å². The molecule has 0 heterocycles. The third-order valence-electron chi connectivity index (χ3n) is 5.91. The second-order valence-corrected chi connectivity index (χ2v) is 9.07. The highest BCUT2D eigenvalue weighted by atomic mass is 14.0. The van der Waals surface area contributed by atoms with E-state index >= 15 is 0 Å². The predicted molar refractivity (Wildman–Crippen MR) is 134 cm³/mol. The minimum Gasteiger partial charge on any atom is -0.0654 e. The fourth-order valence-corrected chi connectivity index (χ4v) is 3.83. The van der Waals surface area contributed by atoms with E-state index in [4.69, 9.17) is 0 Å². The second kappa shape index (κ2) is 31.7. The first-order valence-electron chi connectivity index (χ1n) is 13.8. The third-order valence-corrected chi connectivity index (χ3v) is 5.91. The molecule has 0 fully saturated rings. The Balaban J connectivity index is 0. The lowest BCUT2D eigenvalue weighted by Crippen LogP contribution is -1.82. The second-order valence-electron chi connectivity index (χ2n) is 9.07. The van der Waals surface area contributed by atoms with Crippen LogP contribution < -0.4 is 0 Å². The van der Waals surface area contributed by atoms with Gasteiger partial charge in [0.2, 0.25) is 0 Å². The van der Waals surface area contributed by atoms with Crippen LogP contribution in [-0.2, 0) is 0 Å². The Bertz CT molecular complexity index is 198. The van der Waals surface area contributed by atoms with Crippen LogP contribution in [0.25, 0.3) is 0 Å². The van der Waals surface area contributed by atoms with Gasteiger partial charge >= 0.3 is 0 Å². The van der Waals surface area contributed by atoms with Crippen LogP contribution in [-0.4, -0.2) is 0 Å². The molecule has 0 amide bonds. The van der Waals surface area contributed by atoms with Gasteiger partial charge in [-0.3, -0.25) is 0 Å². The standard InChI is InChI=1S/C15H32.C13H28/c1-3-5-7-9-11-13-15-14-12-10-8-6-4-2;1-3-5-7-9-11-13-12-10-8-6-4-2/h3-15H2,1-2H3;3-13H2,1-2H3. The van der Waals surface area contributed by atoms with Gasteiger partial charge in [0.05, 0.1) is 0 Å². The number of rotatable bonds is 22. The fraction of sp³-hybridized carbons (Fsp3) is 1.00. The van der Waals surface area contributed by atoms with Crippen LogP contribution in [0.2, 0.25) is 0 Å². The van der Waals surface area contributed by atoms with E-state index in [0.29, 0.717) is 0 Å². The van der Waals surface area contributed by atoms with Gasteiger partial charge in [-0.25, -0.2) is 0 Å². The molecule has 0 aromatic carbocycles. The minimum atomic E-state index is 1.37. The summed E-state index contributed by atoms with van der Waals surface area (Å²) in [7, 11) is 0. The lowest BCUT2D eigenvalue weighted by atomic mass is 10.1. The van der Waals surface area contributed by atoms with Crippen LogP contribution >= 0.6 is 0 Å². The maximum absolute atomic E-state index is 2.29. The molecule has 0 rings (SSSR count). The fourth-order valence-electron chi connectivity index (χ4n) is 3.83. The van der Waals surface area contributed by atoms with Gasteiger partial charge in [-0.15, -0.1) is 0 Å². The van der Waals surface area contributed by atoms with Crippen molar-refractivity contribution in [2.24, 2.45) is 0 Å². The molecule has 0 heteroatoms. The molecule has 0 spiro atoms. The van der Waals surface area contributed by atoms with E-state index in [1.165, 1.54) is 154 Å². The Morgan fingerprint density at radius 1 is 0.179 bits per heavy atom. The summed E-state index contributed by atoms with van der Waals surface area (Å²) in [5, 5.41) is 0. The Morgan fingerprint density at radius 2 is 0.286 bits per heavy atom. The Kier molecular flexibility index (Phi) is 34.2. The van der Waals surface area contributed by atoms with Gasteiger partial charge in [0.25, 0.3) is 0 Å². The summed E-state index contributed by atoms with van der Waals surface area (Å²) < 4.78 is 0. The lowest BCUT2D eigenvalue weighted by Gasteiger charge is -2.01. The van der Waals surface area contributed by atoms with Gasteiger partial charge in [0, 0.05) is 0 Å². The molecule has 0 radical (unpaired) electrons. The summed E-state index contributed by atoms with van der Waals surface area (Å²) in [5.74, 6) is 0. The minimum absolute atomic E-state index is 1.37. The van der Waals surface area contributed by atoms with Crippen molar-refractivity contribution in [3.8, 4) is 0 Å². The zero-order valence-electron chi connectivity index (χ0n) is 21.0. The number of hydrogen-bond acceptors (Lipinski definition) is 0. The first-order valence-corrected chi connectivity index (χ1v) is 13.8. The quantitative estimate of drug-likeness (QED) is 0.160. The van der Waals surface area contributed by atoms with E-state index in [0.717, 1.165) is 0 Å². The van der Waals surface area contributed by atoms with Crippen LogP contribution in [0.1, 0.15) is 182 Å². The maximum atomic E-state index is 2.29. The molecule has 0 saturated heterocycles. The van der Waals surface area contributed by atoms with Crippen molar-refractivity contribution in [3.63, 3.8) is 0 Å². The average molecular weight is 397 g/mol. The van der Waals surface area contributed by atoms with Gasteiger partial charge in [-0.05, 0) is 0 Å². The van der Waals surface area contributed by atoms with Gasteiger partial charge in [0.1, 0.15) is 0 Å². The van der Waals surface area contributed by atoms with Crippen molar-refractivity contribution in [3.05, 3.63) is 0 Å². The highest BCUT2D eigenvalue weighted by Gasteiger charge is 1.93. The molecule has 0 bridgehead atoms. The molecule has 0 saturated carbocycles. The number of hydrogen-bond donors (Lipinski definition) is 0. The molecule has 28 heavy (non-hydrogen) atoms. The Hall–Kier alpha value is 0. The largest absolute Gasteiger partial charge is 0.0654 e. The zero-order chi connectivity index (χ0) is 21.0. The van der Waals surface area contributed by atoms with Crippen LogP contribution in [0, 0.1) is 0 Å². The molecule has 172 valence electrons. The smallest absolute Gasteiger partial charge is 0.0533 e. The SMILES string of the molecule is CCCCCCCCCCCCC.CCCCCCCCCCCCCCC. The molecule has 0 N–H and O–H groups in total. The summed E-state index contributed by atoms with van der Waals surface area (Å²) in [4.78, 5) is 0. The van der Waals surface area contributed by atoms with Crippen molar-refractivity contribution < 1.29 is 0 Å². The van der Waals surface area contributed by atoms with E-state index in [1.807, 2.05) is 0 Å². The maximum Gasteiger partial charge on any atom is -0.0533 e. The van der Waals surface area contributed by atoms with Crippen LogP contribution in [0.3, 0.4) is 0 Å². The molecule has 0 atom stereocenters. The number of unbranched alkanes of at least 4 members (excludes halogenated alkanes) is 22. The molecule has 0 aromatic rings. The van der Waals surface area contributed by atoms with Crippen molar-refractivity contribution >= 4 is 0 Å². The Morgan fingerprint density at radius 3 is 0.393 bits per heavy atom. The topological polar surface area (TPSA) is 0 Å². The Labute approximate surface area is 182 Å². The molecule has 0 aromatic heterocycles. The van der Waals surface area contributed by atoms with Gasteiger partial charge in [-0.2, -0.15) is 0 Å². The molecular formula is C28H60. The van der Waals surface area contributed by atoms with Gasteiger partial charge < -0.3 is 0 Å². The van der Waals surface area contributed by atoms with E-state index in [-0.39, 0.29) is 0 Å². The molecule has 0 aliphatic carbocycles. The lowest BCUT2D eigenvalue weighted by molar-refractivity contribution is 0.542. The molecule has 0 nitrogen and oxygen atoms in total. The summed E-state index contributed by atoms with van der Waals surface area (Å²) in [6, 6.07) is 0. The molecular weight excluding hydrogens is 336 g/mol. The van der Waals surface area contributed by atoms with Crippen molar-refractivity contribution in [2.75, 3.05) is 0 Å². The monoisotopic (exact) mass is 396 g/mol. The van der Waals surface area contributed by atoms with Crippen molar-refractivity contribution in [1.82, 2.24) is 0 Å². The van der Waals surface area contributed by atoms with Gasteiger partial charge in [0.15, 0.2) is 0 Å². The molecule has 0 aliphatic heterocycles. The summed E-state index contributed by atoms with van der Waals surface area (Å²) >= 11 is 0. The van der Waals surface area contributed by atoms with Gasteiger partial charge in [-0.1, -0.05) is 182 Å². The van der Waals surface area contributed by atoms with Crippen molar-refractivity contribution in [1.29, 1.82) is 0 Å². The average Bonchev–Trinajstić information content (AvgIpc) is 2.71. The summed E-state index contributed by atoms with van der Waals surface area (Å²) in [6.07, 6.45) is 34.9. The molecule has 0 aliphatic rings. The highest BCUT2D eigenvalue weighted by molar-refractivity contribution is 4.48. The third kappa shape index (κ3) is 33.6. The van der Waals surface area contributed by atoms with E-state index in [1.54, 1.807) is 0 Å².